The smallest absolute Gasteiger partial charge is 0.335 e. The van der Waals surface area contributed by atoms with Crippen molar-refractivity contribution in [1.82, 2.24) is 9.55 Å². The maximum Gasteiger partial charge on any atom is 0.335 e. The molecule has 2 aliphatic heterocycles. The lowest BCUT2D eigenvalue weighted by Crippen LogP contribution is -2.67. The van der Waals surface area contributed by atoms with E-state index >= 15 is 0 Å². The number of aromatic nitrogens is 2. The third-order valence-electron chi connectivity index (χ3n) is 7.20. The Bertz CT molecular complexity index is 1070. The van der Waals surface area contributed by atoms with E-state index in [0.717, 1.165) is 4.57 Å². The van der Waals surface area contributed by atoms with E-state index in [2.05, 4.69) is 72.2 Å². The van der Waals surface area contributed by atoms with Gasteiger partial charge in [0.1, 0.15) is 12.2 Å². The van der Waals surface area contributed by atoms with Crippen LogP contribution in [-0.2, 0) is 17.7 Å². The summed E-state index contributed by atoms with van der Waals surface area (Å²) in [5.74, 6) is 5.65. The van der Waals surface area contributed by atoms with Gasteiger partial charge in [-0.3, -0.25) is 14.3 Å². The van der Waals surface area contributed by atoms with Crippen LogP contribution in [0.1, 0.15) is 68.5 Å². The molecule has 0 aromatic carbocycles. The third kappa shape index (κ3) is 4.66. The molecule has 196 valence electrons. The molecule has 1 aromatic heterocycles. The molecular weight excluding hydrogens is 484 g/mol. The normalized spacial score (nSPS) is 30.2. The molecular formula is C24H40N2O7Si2. The van der Waals surface area contributed by atoms with Gasteiger partial charge in [-0.1, -0.05) is 61.3 Å². The fourth-order valence-corrected chi connectivity index (χ4v) is 16.6. The predicted octanol–water partition coefficient (Wildman–Crippen LogP) is 3.14. The van der Waals surface area contributed by atoms with Gasteiger partial charge >= 0.3 is 22.8 Å². The molecule has 0 radical (unpaired) electrons. The molecule has 3 rings (SSSR count). The Labute approximate surface area is 209 Å². The van der Waals surface area contributed by atoms with E-state index in [1.165, 1.54) is 12.3 Å². The molecule has 2 fully saturated rings. The molecule has 9 nitrogen and oxygen atoms in total. The maximum atomic E-state index is 12.7. The average molecular weight is 525 g/mol. The lowest BCUT2D eigenvalue weighted by molar-refractivity contribution is -0.0751. The first kappa shape index (κ1) is 28.1. The number of hydrogen-bond acceptors (Lipinski definition) is 7. The van der Waals surface area contributed by atoms with E-state index in [0.29, 0.717) is 0 Å². The van der Waals surface area contributed by atoms with Crippen molar-refractivity contribution in [3.8, 4) is 11.8 Å². The van der Waals surface area contributed by atoms with Crippen LogP contribution >= 0.6 is 0 Å². The molecule has 0 aliphatic carbocycles. The zero-order valence-electron chi connectivity index (χ0n) is 22.2. The van der Waals surface area contributed by atoms with Crippen LogP contribution < -0.4 is 11.2 Å². The minimum Gasteiger partial charge on any atom is -0.414 e. The second-order valence-corrected chi connectivity index (χ2v) is 19.6. The van der Waals surface area contributed by atoms with Gasteiger partial charge in [-0.05, 0) is 29.1 Å². The maximum absolute atomic E-state index is 12.7. The van der Waals surface area contributed by atoms with Gasteiger partial charge in [0.05, 0.1) is 6.61 Å². The number of nitrogens with one attached hydrogen (secondary N) is 1. The molecule has 11 heteroatoms. The van der Waals surface area contributed by atoms with Crippen LogP contribution in [0.3, 0.4) is 0 Å². The molecule has 0 bridgehead atoms. The first-order valence-electron chi connectivity index (χ1n) is 12.4. The summed E-state index contributed by atoms with van der Waals surface area (Å²) in [6, 6.07) is 1.21. The topological polar surface area (TPSA) is 112 Å². The minimum absolute atomic E-state index is 0.0444. The summed E-state index contributed by atoms with van der Waals surface area (Å²) in [4.78, 5) is 26.6. The highest BCUT2D eigenvalue weighted by Gasteiger charge is 2.65. The Morgan fingerprint density at radius 3 is 2.11 bits per heavy atom. The van der Waals surface area contributed by atoms with E-state index in [1.54, 1.807) is 6.92 Å². The van der Waals surface area contributed by atoms with Crippen LogP contribution in [0.4, 0.5) is 0 Å². The monoisotopic (exact) mass is 524 g/mol. The SMILES string of the molecule is CC#C[C@]1(O)[C@@H]2O[Si](C(C)C)(C(C)C)O[Si](C(C)C)(C(C)C)OC[C@H]2O[C@H]1n1ccc(=O)[nH]c1=O. The molecule has 0 amide bonds. The number of nitrogens with zero attached hydrogens (tertiary/aromatic N) is 1. The van der Waals surface area contributed by atoms with Crippen LogP contribution in [0, 0.1) is 11.8 Å². The average Bonchev–Trinajstić information content (AvgIpc) is 2.98. The van der Waals surface area contributed by atoms with E-state index in [4.69, 9.17) is 17.7 Å². The molecule has 2 N–H and O–H groups in total. The van der Waals surface area contributed by atoms with Crippen molar-refractivity contribution in [1.29, 1.82) is 0 Å². The summed E-state index contributed by atoms with van der Waals surface area (Å²) >= 11 is 0. The highest BCUT2D eigenvalue weighted by molar-refractivity contribution is 6.84. The second kappa shape index (κ2) is 10.1. The summed E-state index contributed by atoms with van der Waals surface area (Å²) in [6.07, 6.45) is -1.50. The van der Waals surface area contributed by atoms with E-state index in [-0.39, 0.29) is 28.8 Å². The third-order valence-corrected chi connectivity index (χ3v) is 17.4. The standard InChI is InChI=1S/C24H40N2O7Si2/c1-10-12-24(29)21-19(31-22(24)26-13-11-20(27)25-23(26)28)14-30-34(15(2)3,16(4)5)33-35(32-21,17(6)7)18(8)9/h11,13,15-19,21-22,29H,14H2,1-9H3,(H,25,27,28)/t19-,21-,22-,24+/m1/s1. The Morgan fingerprint density at radius 1 is 1.06 bits per heavy atom. The van der Waals surface area contributed by atoms with Crippen molar-refractivity contribution in [3.05, 3.63) is 33.1 Å². The van der Waals surface area contributed by atoms with Crippen LogP contribution in [0.2, 0.25) is 22.2 Å². The van der Waals surface area contributed by atoms with Crippen LogP contribution in [0.5, 0.6) is 0 Å². The molecule has 2 aliphatic rings. The first-order valence-corrected chi connectivity index (χ1v) is 16.3. The Balaban J connectivity index is 2.23. The Kier molecular flexibility index (Phi) is 8.08. The van der Waals surface area contributed by atoms with Gasteiger partial charge in [0.2, 0.25) is 0 Å². The number of ether oxygens (including phenoxy) is 1. The van der Waals surface area contributed by atoms with Crippen LogP contribution in [0.25, 0.3) is 0 Å². The number of aromatic amines is 1. The van der Waals surface area contributed by atoms with Crippen molar-refractivity contribution >= 4 is 17.1 Å². The summed E-state index contributed by atoms with van der Waals surface area (Å²) in [6.45, 7) is 18.6. The van der Waals surface area contributed by atoms with Crippen LogP contribution in [0.15, 0.2) is 21.9 Å². The summed E-state index contributed by atoms with van der Waals surface area (Å²) < 4.78 is 28.3. The first-order chi connectivity index (χ1) is 16.2. The Morgan fingerprint density at radius 2 is 1.63 bits per heavy atom. The lowest BCUT2D eigenvalue weighted by atomic mass is 9.94. The zero-order valence-corrected chi connectivity index (χ0v) is 24.2. The molecule has 0 spiro atoms. The minimum atomic E-state index is -3.05. The van der Waals surface area contributed by atoms with Crippen LogP contribution in [-0.4, -0.2) is 56.2 Å². The van der Waals surface area contributed by atoms with Crippen molar-refractivity contribution in [2.24, 2.45) is 0 Å². The number of hydrogen-bond donors (Lipinski definition) is 2. The molecule has 4 atom stereocenters. The number of rotatable bonds is 5. The molecule has 0 saturated carbocycles. The second-order valence-electron chi connectivity index (χ2n) is 10.8. The van der Waals surface area contributed by atoms with Gasteiger partial charge in [-0.25, -0.2) is 4.79 Å². The highest BCUT2D eigenvalue weighted by atomic mass is 28.5. The molecule has 1 aromatic rings. The summed E-state index contributed by atoms with van der Waals surface area (Å²) in [5.41, 5.74) is -2.71. The molecule has 2 saturated heterocycles. The molecule has 0 unspecified atom stereocenters. The summed E-state index contributed by atoms with van der Waals surface area (Å²) in [5, 5.41) is 12.0. The van der Waals surface area contributed by atoms with Gasteiger partial charge in [0, 0.05) is 12.3 Å². The number of aliphatic hydroxyl groups is 1. The number of H-pyrrole nitrogens is 1. The van der Waals surface area contributed by atoms with Crippen molar-refractivity contribution in [2.45, 2.75) is 109 Å². The van der Waals surface area contributed by atoms with Gasteiger partial charge < -0.3 is 22.8 Å². The largest absolute Gasteiger partial charge is 0.414 e. The fourth-order valence-electron chi connectivity index (χ4n) is 5.40. The molecule has 35 heavy (non-hydrogen) atoms. The molecule has 3 heterocycles. The highest BCUT2D eigenvalue weighted by Crippen LogP contribution is 2.50. The van der Waals surface area contributed by atoms with Crippen molar-refractivity contribution in [3.63, 3.8) is 0 Å². The fraction of sp³-hybridized carbons (Fsp3) is 0.750. The van der Waals surface area contributed by atoms with E-state index in [9.17, 15) is 14.7 Å². The van der Waals surface area contributed by atoms with Crippen molar-refractivity contribution < 1.29 is 22.8 Å². The number of fused-ring (bicyclic) bond motifs is 1. The van der Waals surface area contributed by atoms with Gasteiger partial charge in [-0.2, -0.15) is 0 Å². The Hall–Kier alpha value is -1.53. The predicted molar refractivity (Wildman–Crippen MR) is 137 cm³/mol. The lowest BCUT2D eigenvalue weighted by Gasteiger charge is -2.51. The van der Waals surface area contributed by atoms with E-state index in [1.807, 2.05) is 0 Å². The van der Waals surface area contributed by atoms with Gasteiger partial charge in [0.25, 0.3) is 5.56 Å². The van der Waals surface area contributed by atoms with Crippen molar-refractivity contribution in [2.75, 3.05) is 6.61 Å². The van der Waals surface area contributed by atoms with E-state index < -0.39 is 52.4 Å². The summed E-state index contributed by atoms with van der Waals surface area (Å²) in [7, 11) is -5.86. The quantitative estimate of drug-likeness (QED) is 0.449. The van der Waals surface area contributed by atoms with Gasteiger partial charge in [-0.15, -0.1) is 5.92 Å². The zero-order chi connectivity index (χ0) is 26.3. The van der Waals surface area contributed by atoms with Gasteiger partial charge in [0.15, 0.2) is 11.8 Å².